The molecule has 1 N–H and O–H groups in total. The molecule has 0 saturated carbocycles. The molecule has 1 saturated heterocycles. The van der Waals surface area contributed by atoms with Gasteiger partial charge < -0.3 is 15.0 Å². The number of carbonyl (C=O) groups is 2. The first-order valence-electron chi connectivity index (χ1n) is 8.60. The Morgan fingerprint density at radius 3 is 2.62 bits per heavy atom. The minimum absolute atomic E-state index is 0.0109. The average Bonchev–Trinajstić information content (AvgIpc) is 2.53. The molecular weight excluding hydrogens is 338 g/mol. The van der Waals surface area contributed by atoms with Gasteiger partial charge in [0.05, 0.1) is 10.8 Å². The summed E-state index contributed by atoms with van der Waals surface area (Å²) in [5.74, 6) is -0.543. The van der Waals surface area contributed by atoms with Crippen LogP contribution in [0, 0.1) is 23.0 Å². The van der Waals surface area contributed by atoms with Crippen LogP contribution in [-0.2, 0) is 9.53 Å². The van der Waals surface area contributed by atoms with Crippen molar-refractivity contribution < 1.29 is 19.2 Å². The van der Waals surface area contributed by atoms with E-state index in [9.17, 15) is 19.7 Å². The number of nitro benzene ring substituents is 1. The number of ether oxygens (including phenoxy) is 1. The third kappa shape index (κ3) is 5.18. The third-order valence-electron chi connectivity index (χ3n) is 4.10. The number of rotatable bonds is 3. The van der Waals surface area contributed by atoms with Gasteiger partial charge >= 0.3 is 6.09 Å². The summed E-state index contributed by atoms with van der Waals surface area (Å²) < 4.78 is 5.37. The molecule has 26 heavy (non-hydrogen) atoms. The van der Waals surface area contributed by atoms with Crippen molar-refractivity contribution in [3.05, 3.63) is 33.9 Å². The topological polar surface area (TPSA) is 102 Å². The molecule has 1 aliphatic rings. The van der Waals surface area contributed by atoms with E-state index in [0.717, 1.165) is 6.42 Å². The SMILES string of the molecule is Cc1cc(NC(=O)C2CCCN(C(=O)OC(C)(C)C)C2)ccc1[N+](=O)[O-]. The summed E-state index contributed by atoms with van der Waals surface area (Å²) in [5, 5.41) is 13.7. The summed E-state index contributed by atoms with van der Waals surface area (Å²) in [6, 6.07) is 4.46. The van der Waals surface area contributed by atoms with Crippen molar-refractivity contribution in [3.8, 4) is 0 Å². The van der Waals surface area contributed by atoms with E-state index in [4.69, 9.17) is 4.74 Å². The van der Waals surface area contributed by atoms with Gasteiger partial charge in [-0.25, -0.2) is 4.79 Å². The Morgan fingerprint density at radius 2 is 2.04 bits per heavy atom. The van der Waals surface area contributed by atoms with Crippen molar-refractivity contribution in [1.29, 1.82) is 0 Å². The number of amides is 2. The van der Waals surface area contributed by atoms with E-state index in [0.29, 0.717) is 30.8 Å². The second-order valence-corrected chi connectivity index (χ2v) is 7.51. The molecule has 0 radical (unpaired) electrons. The summed E-state index contributed by atoms with van der Waals surface area (Å²) in [4.78, 5) is 36.7. The highest BCUT2D eigenvalue weighted by molar-refractivity contribution is 5.93. The van der Waals surface area contributed by atoms with Crippen LogP contribution in [0.2, 0.25) is 0 Å². The summed E-state index contributed by atoms with van der Waals surface area (Å²) in [6.45, 7) is 7.89. The highest BCUT2D eigenvalue weighted by Gasteiger charge is 2.31. The van der Waals surface area contributed by atoms with E-state index in [1.807, 2.05) is 0 Å². The van der Waals surface area contributed by atoms with E-state index in [-0.39, 0.29) is 17.5 Å². The molecule has 0 bridgehead atoms. The zero-order valence-electron chi connectivity index (χ0n) is 15.6. The Labute approximate surface area is 152 Å². The molecule has 1 aromatic carbocycles. The zero-order valence-corrected chi connectivity index (χ0v) is 15.6. The molecule has 1 fully saturated rings. The maximum Gasteiger partial charge on any atom is 0.410 e. The number of nitro groups is 1. The molecule has 1 heterocycles. The number of nitrogens with zero attached hydrogens (tertiary/aromatic N) is 2. The predicted molar refractivity (Wildman–Crippen MR) is 97.0 cm³/mol. The number of nitrogens with one attached hydrogen (secondary N) is 1. The Morgan fingerprint density at radius 1 is 1.35 bits per heavy atom. The normalized spacial score (nSPS) is 17.5. The van der Waals surface area contributed by atoms with Gasteiger partial charge in [0.1, 0.15) is 5.60 Å². The Bertz CT molecular complexity index is 711. The van der Waals surface area contributed by atoms with Crippen molar-refractivity contribution >= 4 is 23.4 Å². The van der Waals surface area contributed by atoms with E-state index < -0.39 is 16.6 Å². The van der Waals surface area contributed by atoms with Crippen LogP contribution in [0.5, 0.6) is 0 Å². The molecule has 142 valence electrons. The van der Waals surface area contributed by atoms with Crippen molar-refractivity contribution in [3.63, 3.8) is 0 Å². The molecule has 1 atom stereocenters. The van der Waals surface area contributed by atoms with Crippen LogP contribution in [0.1, 0.15) is 39.2 Å². The molecule has 0 aliphatic carbocycles. The van der Waals surface area contributed by atoms with Gasteiger partial charge in [0.2, 0.25) is 5.91 Å². The molecule has 1 aliphatic heterocycles. The van der Waals surface area contributed by atoms with Gasteiger partial charge in [-0.05, 0) is 52.7 Å². The van der Waals surface area contributed by atoms with Gasteiger partial charge in [0.25, 0.3) is 5.69 Å². The Balaban J connectivity index is 2.00. The number of benzene rings is 1. The number of anilines is 1. The number of aryl methyl sites for hydroxylation is 1. The highest BCUT2D eigenvalue weighted by Crippen LogP contribution is 2.24. The lowest BCUT2D eigenvalue weighted by atomic mass is 9.97. The lowest BCUT2D eigenvalue weighted by molar-refractivity contribution is -0.385. The van der Waals surface area contributed by atoms with Crippen LogP contribution in [0.15, 0.2) is 18.2 Å². The van der Waals surface area contributed by atoms with Crippen LogP contribution < -0.4 is 5.32 Å². The van der Waals surface area contributed by atoms with Crippen LogP contribution in [0.25, 0.3) is 0 Å². The quantitative estimate of drug-likeness (QED) is 0.654. The first kappa shape index (κ1) is 19.7. The molecule has 2 rings (SSSR count). The maximum absolute atomic E-state index is 12.5. The van der Waals surface area contributed by atoms with Crippen LogP contribution in [-0.4, -0.2) is 40.5 Å². The van der Waals surface area contributed by atoms with Crippen molar-refractivity contribution in [2.75, 3.05) is 18.4 Å². The fourth-order valence-electron chi connectivity index (χ4n) is 2.87. The molecule has 8 heteroatoms. The minimum Gasteiger partial charge on any atom is -0.444 e. The first-order chi connectivity index (χ1) is 12.1. The van der Waals surface area contributed by atoms with Crippen molar-refractivity contribution in [2.45, 2.75) is 46.1 Å². The molecule has 0 aromatic heterocycles. The largest absolute Gasteiger partial charge is 0.444 e. The van der Waals surface area contributed by atoms with Gasteiger partial charge in [-0.2, -0.15) is 0 Å². The predicted octanol–water partition coefficient (Wildman–Crippen LogP) is 3.49. The summed E-state index contributed by atoms with van der Waals surface area (Å²) >= 11 is 0. The second-order valence-electron chi connectivity index (χ2n) is 7.51. The number of hydrogen-bond donors (Lipinski definition) is 1. The van der Waals surface area contributed by atoms with Crippen molar-refractivity contribution in [1.82, 2.24) is 4.90 Å². The van der Waals surface area contributed by atoms with Crippen molar-refractivity contribution in [2.24, 2.45) is 5.92 Å². The van der Waals surface area contributed by atoms with Gasteiger partial charge in [-0.3, -0.25) is 14.9 Å². The average molecular weight is 363 g/mol. The van der Waals surface area contributed by atoms with Crippen LogP contribution in [0.4, 0.5) is 16.2 Å². The highest BCUT2D eigenvalue weighted by atomic mass is 16.6. The molecule has 2 amide bonds. The summed E-state index contributed by atoms with van der Waals surface area (Å²) in [5.41, 5.74) is 0.416. The zero-order chi connectivity index (χ0) is 19.5. The number of carbonyl (C=O) groups excluding carboxylic acids is 2. The smallest absolute Gasteiger partial charge is 0.410 e. The number of likely N-dealkylation sites (tertiary alicyclic amines) is 1. The van der Waals surface area contributed by atoms with Gasteiger partial charge in [0, 0.05) is 30.4 Å². The Hall–Kier alpha value is -2.64. The molecule has 8 nitrogen and oxygen atoms in total. The lowest BCUT2D eigenvalue weighted by Gasteiger charge is -2.33. The van der Waals surface area contributed by atoms with Crippen LogP contribution in [0.3, 0.4) is 0 Å². The molecule has 1 aromatic rings. The molecule has 0 spiro atoms. The monoisotopic (exact) mass is 363 g/mol. The number of hydrogen-bond acceptors (Lipinski definition) is 5. The van der Waals surface area contributed by atoms with Gasteiger partial charge in [0.15, 0.2) is 0 Å². The van der Waals surface area contributed by atoms with E-state index in [1.54, 1.807) is 38.7 Å². The third-order valence-corrected chi connectivity index (χ3v) is 4.10. The summed E-state index contributed by atoms with van der Waals surface area (Å²) in [7, 11) is 0. The minimum atomic E-state index is -0.581. The van der Waals surface area contributed by atoms with Gasteiger partial charge in [-0.15, -0.1) is 0 Å². The van der Waals surface area contributed by atoms with E-state index >= 15 is 0 Å². The number of piperidine rings is 1. The van der Waals surface area contributed by atoms with E-state index in [2.05, 4.69) is 5.32 Å². The van der Waals surface area contributed by atoms with E-state index in [1.165, 1.54) is 12.1 Å². The summed E-state index contributed by atoms with van der Waals surface area (Å²) in [6.07, 6.45) is 0.981. The fraction of sp³-hybridized carbons (Fsp3) is 0.556. The fourth-order valence-corrected chi connectivity index (χ4v) is 2.87. The Kier molecular flexibility index (Phi) is 5.84. The maximum atomic E-state index is 12.5. The molecular formula is C18H25N3O5. The second kappa shape index (κ2) is 7.72. The first-order valence-corrected chi connectivity index (χ1v) is 8.60. The lowest BCUT2D eigenvalue weighted by Crippen LogP contribution is -2.45. The standard InChI is InChI=1S/C18H25N3O5/c1-12-10-14(7-8-15(12)21(24)25)19-16(22)13-6-5-9-20(11-13)17(23)26-18(2,3)4/h7-8,10,13H,5-6,9,11H2,1-4H3,(H,19,22). The van der Waals surface area contributed by atoms with Gasteiger partial charge in [-0.1, -0.05) is 0 Å². The van der Waals surface area contributed by atoms with Crippen LogP contribution >= 0.6 is 0 Å². The molecule has 1 unspecified atom stereocenters.